The van der Waals surface area contributed by atoms with Gasteiger partial charge in [0.15, 0.2) is 0 Å². The number of rotatable bonds is 5. The highest BCUT2D eigenvalue weighted by atomic mass is 35.5. The lowest BCUT2D eigenvalue weighted by atomic mass is 10.2. The highest BCUT2D eigenvalue weighted by molar-refractivity contribution is 6.44. The van der Waals surface area contributed by atoms with Gasteiger partial charge in [0.1, 0.15) is 12.4 Å². The Balaban J connectivity index is 1.71. The first kappa shape index (κ1) is 19.6. The number of likely N-dealkylation sites (N-methyl/N-ethyl adjacent to an activating group) is 1. The molecular weight excluding hydrogens is 387 g/mol. The zero-order chi connectivity index (χ0) is 19.4. The maximum Gasteiger partial charge on any atom is 0.323 e. The Kier molecular flexibility index (Phi) is 6.31. The van der Waals surface area contributed by atoms with Crippen LogP contribution < -0.4 is 20.3 Å². The third-order valence-corrected chi connectivity index (χ3v) is 5.01. The number of amides is 2. The van der Waals surface area contributed by atoms with Crippen LogP contribution in [0, 0.1) is 0 Å². The molecule has 0 atom stereocenters. The summed E-state index contributed by atoms with van der Waals surface area (Å²) in [6.45, 7) is 3.29. The van der Waals surface area contributed by atoms with Crippen LogP contribution >= 0.6 is 23.2 Å². The molecule has 2 aromatic carbocycles. The number of hydrogen-bond donors (Lipinski definition) is 2. The van der Waals surface area contributed by atoms with Gasteiger partial charge in [-0.25, -0.2) is 4.79 Å². The van der Waals surface area contributed by atoms with E-state index in [1.165, 1.54) is 0 Å². The lowest BCUT2D eigenvalue weighted by molar-refractivity contribution is 0.262. The molecule has 2 amide bonds. The zero-order valence-electron chi connectivity index (χ0n) is 15.3. The standard InChI is InChI=1S/C19H22Cl2N4O2/c1-24(2)8-9-25-10-11-27-17-7-6-13(12-16(17)25)22-19(26)23-15-5-3-4-14(20)18(15)21/h3-7,12H,8-11H2,1-2H3,(H2,22,23,26). The summed E-state index contributed by atoms with van der Waals surface area (Å²) in [7, 11) is 4.09. The molecule has 2 aromatic rings. The van der Waals surface area contributed by atoms with Gasteiger partial charge in [0.2, 0.25) is 0 Å². The first-order valence-corrected chi connectivity index (χ1v) is 9.38. The normalized spacial score (nSPS) is 13.1. The number of nitrogens with zero attached hydrogens (tertiary/aromatic N) is 2. The van der Waals surface area contributed by atoms with E-state index in [0.717, 1.165) is 31.1 Å². The number of hydrogen-bond acceptors (Lipinski definition) is 4. The molecule has 0 fully saturated rings. The third kappa shape index (κ3) is 4.97. The van der Waals surface area contributed by atoms with Crippen molar-refractivity contribution in [3.8, 4) is 5.75 Å². The molecule has 0 spiro atoms. The second kappa shape index (κ2) is 8.69. The van der Waals surface area contributed by atoms with Crippen molar-refractivity contribution in [2.24, 2.45) is 0 Å². The summed E-state index contributed by atoms with van der Waals surface area (Å²) in [6, 6.07) is 10.3. The quantitative estimate of drug-likeness (QED) is 0.769. The minimum absolute atomic E-state index is 0.308. The van der Waals surface area contributed by atoms with Crippen molar-refractivity contribution in [1.29, 1.82) is 0 Å². The van der Waals surface area contributed by atoms with Gasteiger partial charge in [0.25, 0.3) is 0 Å². The molecule has 2 N–H and O–H groups in total. The summed E-state index contributed by atoms with van der Waals surface area (Å²) in [5, 5.41) is 6.24. The molecule has 1 aliphatic rings. The van der Waals surface area contributed by atoms with E-state index >= 15 is 0 Å². The Labute approximate surface area is 169 Å². The van der Waals surface area contributed by atoms with Crippen LogP contribution in [0.15, 0.2) is 36.4 Å². The first-order chi connectivity index (χ1) is 12.9. The first-order valence-electron chi connectivity index (χ1n) is 8.62. The summed E-state index contributed by atoms with van der Waals surface area (Å²) in [5.74, 6) is 0.823. The fraction of sp³-hybridized carbons (Fsp3) is 0.316. The SMILES string of the molecule is CN(C)CCN1CCOc2ccc(NC(=O)Nc3cccc(Cl)c3Cl)cc21. The van der Waals surface area contributed by atoms with Crippen LogP contribution in [0.5, 0.6) is 5.75 Å². The van der Waals surface area contributed by atoms with Crippen LogP contribution in [0.1, 0.15) is 0 Å². The Bertz CT molecular complexity index is 829. The maximum atomic E-state index is 12.3. The van der Waals surface area contributed by atoms with E-state index in [4.69, 9.17) is 27.9 Å². The molecule has 0 saturated heterocycles. The van der Waals surface area contributed by atoms with Crippen molar-refractivity contribution < 1.29 is 9.53 Å². The molecule has 0 saturated carbocycles. The van der Waals surface area contributed by atoms with Gasteiger partial charge in [0.05, 0.1) is 28.0 Å². The third-order valence-electron chi connectivity index (χ3n) is 4.19. The van der Waals surface area contributed by atoms with Gasteiger partial charge in [-0.2, -0.15) is 0 Å². The largest absolute Gasteiger partial charge is 0.490 e. The monoisotopic (exact) mass is 408 g/mol. The molecule has 1 aliphatic heterocycles. The van der Waals surface area contributed by atoms with Crippen LogP contribution in [-0.4, -0.2) is 51.3 Å². The highest BCUT2D eigenvalue weighted by Crippen LogP contribution is 2.34. The molecule has 6 nitrogen and oxygen atoms in total. The number of carbonyl (C=O) groups is 1. The van der Waals surface area contributed by atoms with Gasteiger partial charge in [-0.1, -0.05) is 29.3 Å². The topological polar surface area (TPSA) is 56.8 Å². The molecule has 0 radical (unpaired) electrons. The molecular formula is C19H22Cl2N4O2. The smallest absolute Gasteiger partial charge is 0.323 e. The van der Waals surface area contributed by atoms with Gasteiger partial charge in [-0.05, 0) is 44.4 Å². The van der Waals surface area contributed by atoms with Crippen LogP contribution in [0.2, 0.25) is 10.0 Å². The second-order valence-corrected chi connectivity index (χ2v) is 7.29. The number of urea groups is 1. The van der Waals surface area contributed by atoms with E-state index in [1.807, 2.05) is 32.3 Å². The van der Waals surface area contributed by atoms with Gasteiger partial charge in [-0.15, -0.1) is 0 Å². The lowest BCUT2D eigenvalue weighted by Gasteiger charge is -2.32. The summed E-state index contributed by atoms with van der Waals surface area (Å²) in [5.41, 5.74) is 2.10. The van der Waals surface area contributed by atoms with Gasteiger partial charge < -0.3 is 25.2 Å². The molecule has 0 aromatic heterocycles. The van der Waals surface area contributed by atoms with E-state index in [9.17, 15) is 4.79 Å². The number of halogens is 2. The van der Waals surface area contributed by atoms with E-state index in [1.54, 1.807) is 18.2 Å². The Morgan fingerprint density at radius 3 is 2.81 bits per heavy atom. The van der Waals surface area contributed by atoms with Crippen molar-refractivity contribution >= 4 is 46.3 Å². The van der Waals surface area contributed by atoms with Gasteiger partial charge in [-0.3, -0.25) is 0 Å². The number of nitrogens with one attached hydrogen (secondary N) is 2. The number of benzene rings is 2. The molecule has 3 rings (SSSR count). The van der Waals surface area contributed by atoms with Gasteiger partial charge >= 0.3 is 6.03 Å². The van der Waals surface area contributed by atoms with E-state index in [2.05, 4.69) is 20.4 Å². The average Bonchev–Trinajstić information content (AvgIpc) is 2.63. The summed E-state index contributed by atoms with van der Waals surface area (Å²) < 4.78 is 5.73. The summed E-state index contributed by atoms with van der Waals surface area (Å²) in [6.07, 6.45) is 0. The van der Waals surface area contributed by atoms with Crippen LogP contribution in [0.4, 0.5) is 21.9 Å². The summed E-state index contributed by atoms with van der Waals surface area (Å²) in [4.78, 5) is 16.7. The van der Waals surface area contributed by atoms with Crippen molar-refractivity contribution in [2.75, 3.05) is 55.9 Å². The number of fused-ring (bicyclic) bond motifs is 1. The lowest BCUT2D eigenvalue weighted by Crippen LogP contribution is -2.37. The highest BCUT2D eigenvalue weighted by Gasteiger charge is 2.19. The molecule has 0 unspecified atom stereocenters. The van der Waals surface area contributed by atoms with E-state index in [-0.39, 0.29) is 0 Å². The number of anilines is 3. The van der Waals surface area contributed by atoms with E-state index < -0.39 is 6.03 Å². The van der Waals surface area contributed by atoms with Crippen LogP contribution in [0.25, 0.3) is 0 Å². The van der Waals surface area contributed by atoms with Crippen LogP contribution in [-0.2, 0) is 0 Å². The van der Waals surface area contributed by atoms with Crippen molar-refractivity contribution in [2.45, 2.75) is 0 Å². The summed E-state index contributed by atoms with van der Waals surface area (Å²) >= 11 is 12.1. The molecule has 0 aliphatic carbocycles. The minimum atomic E-state index is -0.393. The zero-order valence-corrected chi connectivity index (χ0v) is 16.8. The predicted molar refractivity (Wildman–Crippen MR) is 112 cm³/mol. The Hall–Kier alpha value is -2.15. The molecule has 0 bridgehead atoms. The van der Waals surface area contributed by atoms with Gasteiger partial charge in [0, 0.05) is 18.8 Å². The van der Waals surface area contributed by atoms with Crippen LogP contribution in [0.3, 0.4) is 0 Å². The van der Waals surface area contributed by atoms with E-state index in [0.29, 0.717) is 28.0 Å². The molecule has 27 heavy (non-hydrogen) atoms. The van der Waals surface area contributed by atoms with Crippen molar-refractivity contribution in [3.63, 3.8) is 0 Å². The number of ether oxygens (including phenoxy) is 1. The maximum absolute atomic E-state index is 12.3. The molecule has 8 heteroatoms. The fourth-order valence-corrected chi connectivity index (χ4v) is 3.14. The Morgan fingerprint density at radius 1 is 1.22 bits per heavy atom. The Morgan fingerprint density at radius 2 is 2.04 bits per heavy atom. The second-order valence-electron chi connectivity index (χ2n) is 6.50. The number of carbonyl (C=O) groups excluding carboxylic acids is 1. The molecule has 144 valence electrons. The van der Waals surface area contributed by atoms with Crippen molar-refractivity contribution in [1.82, 2.24) is 4.90 Å². The average molecular weight is 409 g/mol. The molecule has 1 heterocycles. The minimum Gasteiger partial charge on any atom is -0.490 e. The predicted octanol–water partition coefficient (Wildman–Crippen LogP) is 4.40. The fourth-order valence-electron chi connectivity index (χ4n) is 2.79. The van der Waals surface area contributed by atoms with Crippen molar-refractivity contribution in [3.05, 3.63) is 46.4 Å².